The van der Waals surface area contributed by atoms with Crippen molar-refractivity contribution in [3.8, 4) is 11.3 Å². The maximum atomic E-state index is 12.2. The summed E-state index contributed by atoms with van der Waals surface area (Å²) < 4.78 is 2.87. The quantitative estimate of drug-likeness (QED) is 0.481. The lowest BCUT2D eigenvalue weighted by atomic mass is 10.2. The number of hydrogen-bond donors (Lipinski definition) is 2. The highest BCUT2D eigenvalue weighted by molar-refractivity contribution is 9.10. The topological polar surface area (TPSA) is 75.5 Å². The smallest absolute Gasteiger partial charge is 0.251 e. The zero-order valence-corrected chi connectivity index (χ0v) is 16.9. The van der Waals surface area contributed by atoms with Crippen molar-refractivity contribution in [2.24, 2.45) is 0 Å². The van der Waals surface area contributed by atoms with Crippen LogP contribution in [-0.2, 0) is 4.79 Å². The van der Waals surface area contributed by atoms with Gasteiger partial charge in [-0.25, -0.2) is 4.98 Å². The fourth-order valence-electron chi connectivity index (χ4n) is 2.88. The minimum absolute atomic E-state index is 0.111. The van der Waals surface area contributed by atoms with Crippen molar-refractivity contribution < 1.29 is 9.59 Å². The maximum Gasteiger partial charge on any atom is 0.251 e. The number of rotatable bonds is 5. The van der Waals surface area contributed by atoms with Crippen LogP contribution in [0, 0.1) is 0 Å². The van der Waals surface area contributed by atoms with Crippen molar-refractivity contribution in [1.82, 2.24) is 14.7 Å². The summed E-state index contributed by atoms with van der Waals surface area (Å²) in [6.07, 6.45) is 3.70. The number of nitrogens with zero attached hydrogens (tertiary/aromatic N) is 2. The Bertz CT molecular complexity index is 1170. The van der Waals surface area contributed by atoms with Gasteiger partial charge < -0.3 is 15.0 Å². The standard InChI is InChI=1S/C22H17BrN4O2/c23-17-8-6-15(7-9-17)19-14-27-13-18(10-11-20(27)26-19)25-21(28)12-24-22(29)16-4-2-1-3-5-16/h1-11,13-14H,12H2,(H,24,29)(H,25,28). The number of anilines is 1. The molecule has 0 spiro atoms. The van der Waals surface area contributed by atoms with Crippen molar-refractivity contribution >= 4 is 39.1 Å². The van der Waals surface area contributed by atoms with Gasteiger partial charge in [-0.3, -0.25) is 9.59 Å². The number of nitrogens with one attached hydrogen (secondary N) is 2. The Morgan fingerprint density at radius 2 is 1.69 bits per heavy atom. The van der Waals surface area contributed by atoms with Crippen LogP contribution in [-0.4, -0.2) is 27.7 Å². The van der Waals surface area contributed by atoms with Crippen LogP contribution in [0.2, 0.25) is 0 Å². The molecule has 6 nitrogen and oxygen atoms in total. The molecule has 4 aromatic rings. The Morgan fingerprint density at radius 1 is 0.931 bits per heavy atom. The SMILES string of the molecule is O=C(CNC(=O)c1ccccc1)Nc1ccc2nc(-c3ccc(Br)cc3)cn2c1. The number of imidazole rings is 1. The van der Waals surface area contributed by atoms with Gasteiger partial charge in [-0.2, -0.15) is 0 Å². The van der Waals surface area contributed by atoms with Gasteiger partial charge in [0.15, 0.2) is 0 Å². The van der Waals surface area contributed by atoms with Gasteiger partial charge in [0.1, 0.15) is 5.65 Å². The molecule has 0 aliphatic carbocycles. The molecular formula is C22H17BrN4O2. The summed E-state index contributed by atoms with van der Waals surface area (Å²) in [6.45, 7) is -0.111. The zero-order chi connectivity index (χ0) is 20.2. The third-order valence-electron chi connectivity index (χ3n) is 4.32. The van der Waals surface area contributed by atoms with Crippen molar-refractivity contribution in [3.05, 3.63) is 89.2 Å². The number of carbonyl (C=O) groups excluding carboxylic acids is 2. The summed E-state index contributed by atoms with van der Waals surface area (Å²) in [5, 5.41) is 5.40. The third-order valence-corrected chi connectivity index (χ3v) is 4.85. The Kier molecular flexibility index (Phi) is 5.39. The molecule has 7 heteroatoms. The van der Waals surface area contributed by atoms with Gasteiger partial charge in [0.2, 0.25) is 5.91 Å². The average Bonchev–Trinajstić information content (AvgIpc) is 3.16. The molecule has 0 fully saturated rings. The number of pyridine rings is 1. The number of fused-ring (bicyclic) bond motifs is 1. The molecule has 0 aliphatic rings. The first-order chi connectivity index (χ1) is 14.1. The molecule has 0 unspecified atom stereocenters. The lowest BCUT2D eigenvalue weighted by Gasteiger charge is -2.07. The van der Waals surface area contributed by atoms with Gasteiger partial charge in [0, 0.05) is 28.0 Å². The fraction of sp³-hybridized carbons (Fsp3) is 0.0455. The number of hydrogen-bond acceptors (Lipinski definition) is 3. The van der Waals surface area contributed by atoms with Crippen LogP contribution in [0.3, 0.4) is 0 Å². The van der Waals surface area contributed by atoms with E-state index in [0.717, 1.165) is 21.4 Å². The molecule has 0 aliphatic heterocycles. The second-order valence-electron chi connectivity index (χ2n) is 6.41. The summed E-state index contributed by atoms with van der Waals surface area (Å²) in [6, 6.07) is 20.3. The van der Waals surface area contributed by atoms with Gasteiger partial charge >= 0.3 is 0 Å². The molecule has 2 aromatic carbocycles. The molecule has 0 radical (unpaired) electrons. The van der Waals surface area contributed by atoms with Crippen LogP contribution in [0.15, 0.2) is 83.6 Å². The molecule has 2 amide bonds. The molecular weight excluding hydrogens is 432 g/mol. The number of aromatic nitrogens is 2. The third kappa shape index (κ3) is 4.52. The van der Waals surface area contributed by atoms with E-state index >= 15 is 0 Å². The first-order valence-electron chi connectivity index (χ1n) is 8.96. The van der Waals surface area contributed by atoms with E-state index in [1.54, 1.807) is 36.5 Å². The van der Waals surface area contributed by atoms with Crippen LogP contribution in [0.5, 0.6) is 0 Å². The molecule has 0 saturated carbocycles. The fourth-order valence-corrected chi connectivity index (χ4v) is 3.15. The van der Waals surface area contributed by atoms with Gasteiger partial charge in [-0.1, -0.05) is 46.3 Å². The van der Waals surface area contributed by atoms with E-state index in [4.69, 9.17) is 0 Å². The van der Waals surface area contributed by atoms with Gasteiger partial charge in [0.05, 0.1) is 17.9 Å². The lowest BCUT2D eigenvalue weighted by Crippen LogP contribution is -2.32. The molecule has 144 valence electrons. The Morgan fingerprint density at radius 3 is 2.45 bits per heavy atom. The number of benzene rings is 2. The summed E-state index contributed by atoms with van der Waals surface area (Å²) in [5.74, 6) is -0.591. The minimum atomic E-state index is -0.304. The van der Waals surface area contributed by atoms with E-state index in [0.29, 0.717) is 11.3 Å². The molecule has 2 heterocycles. The van der Waals surface area contributed by atoms with Crippen LogP contribution in [0.1, 0.15) is 10.4 Å². The van der Waals surface area contributed by atoms with E-state index in [9.17, 15) is 9.59 Å². The number of amides is 2. The highest BCUT2D eigenvalue weighted by Crippen LogP contribution is 2.22. The molecule has 0 bridgehead atoms. The summed E-state index contributed by atoms with van der Waals surface area (Å²) in [4.78, 5) is 28.8. The first kappa shape index (κ1) is 18.9. The first-order valence-corrected chi connectivity index (χ1v) is 9.75. The lowest BCUT2D eigenvalue weighted by molar-refractivity contribution is -0.115. The van der Waals surface area contributed by atoms with E-state index in [2.05, 4.69) is 31.5 Å². The molecule has 4 rings (SSSR count). The monoisotopic (exact) mass is 448 g/mol. The van der Waals surface area contributed by atoms with Gasteiger partial charge in [0.25, 0.3) is 5.91 Å². The predicted molar refractivity (Wildman–Crippen MR) is 116 cm³/mol. The van der Waals surface area contributed by atoms with Crippen molar-refractivity contribution in [1.29, 1.82) is 0 Å². The van der Waals surface area contributed by atoms with E-state index in [-0.39, 0.29) is 18.4 Å². The van der Waals surface area contributed by atoms with E-state index < -0.39 is 0 Å². The van der Waals surface area contributed by atoms with Gasteiger partial charge in [-0.15, -0.1) is 0 Å². The predicted octanol–water partition coefficient (Wildman–Crippen LogP) is 4.13. The normalized spacial score (nSPS) is 10.7. The number of carbonyl (C=O) groups is 2. The second-order valence-corrected chi connectivity index (χ2v) is 7.33. The largest absolute Gasteiger partial charge is 0.343 e. The van der Waals surface area contributed by atoms with Crippen molar-refractivity contribution in [2.75, 3.05) is 11.9 Å². The average molecular weight is 449 g/mol. The van der Waals surface area contributed by atoms with E-state index in [1.165, 1.54) is 0 Å². The Balaban J connectivity index is 1.42. The number of halogens is 1. The Labute approximate surface area is 175 Å². The van der Waals surface area contributed by atoms with Crippen LogP contribution >= 0.6 is 15.9 Å². The minimum Gasteiger partial charge on any atom is -0.343 e. The summed E-state index contributed by atoms with van der Waals surface area (Å²) >= 11 is 3.43. The zero-order valence-electron chi connectivity index (χ0n) is 15.3. The van der Waals surface area contributed by atoms with Crippen molar-refractivity contribution in [3.63, 3.8) is 0 Å². The summed E-state index contributed by atoms with van der Waals surface area (Å²) in [7, 11) is 0. The van der Waals surface area contributed by atoms with Crippen LogP contribution in [0.25, 0.3) is 16.9 Å². The van der Waals surface area contributed by atoms with Crippen LogP contribution < -0.4 is 10.6 Å². The molecule has 29 heavy (non-hydrogen) atoms. The summed E-state index contributed by atoms with van der Waals surface area (Å²) in [5.41, 5.74) is 3.76. The van der Waals surface area contributed by atoms with Crippen molar-refractivity contribution in [2.45, 2.75) is 0 Å². The highest BCUT2D eigenvalue weighted by atomic mass is 79.9. The van der Waals surface area contributed by atoms with E-state index in [1.807, 2.05) is 47.0 Å². The molecule has 2 N–H and O–H groups in total. The molecule has 0 atom stereocenters. The highest BCUT2D eigenvalue weighted by Gasteiger charge is 2.09. The Hall–Kier alpha value is -3.45. The van der Waals surface area contributed by atoms with Gasteiger partial charge in [-0.05, 0) is 36.4 Å². The maximum absolute atomic E-state index is 12.2. The molecule has 2 aromatic heterocycles. The molecule has 0 saturated heterocycles. The van der Waals surface area contributed by atoms with Crippen LogP contribution in [0.4, 0.5) is 5.69 Å². The second kappa shape index (κ2) is 8.28.